The normalized spacial score (nSPS) is 11.6. The third kappa shape index (κ3) is 9.47. The molecule has 0 aliphatic rings. The van der Waals surface area contributed by atoms with Crippen molar-refractivity contribution in [1.82, 2.24) is 13.7 Å². The molecule has 4 nitrogen and oxygen atoms in total. The molecule has 3 heterocycles. The van der Waals surface area contributed by atoms with Crippen LogP contribution in [0.25, 0.3) is 149 Å². The van der Waals surface area contributed by atoms with Gasteiger partial charge in [0.15, 0.2) is 0 Å². The molecule has 0 amide bonds. The van der Waals surface area contributed by atoms with Crippen LogP contribution in [-0.4, -0.2) is 13.7 Å². The number of hydrogen-bond acceptors (Lipinski definition) is 1. The van der Waals surface area contributed by atoms with Crippen molar-refractivity contribution >= 4 is 82.5 Å². The Bertz CT molecular complexity index is 5580. The second-order valence-electron chi connectivity index (χ2n) is 24.5. The molecule has 18 aromatic rings. The van der Waals surface area contributed by atoms with E-state index in [0.29, 0.717) is 0 Å². The Hall–Kier alpha value is -12.5. The van der Waals surface area contributed by atoms with E-state index in [4.69, 9.17) is 0 Å². The van der Waals surface area contributed by atoms with Gasteiger partial charge in [-0.05, 0) is 182 Å². The fourth-order valence-corrected chi connectivity index (χ4v) is 14.4. The molecule has 0 fully saturated rings. The van der Waals surface area contributed by atoms with Crippen molar-refractivity contribution in [2.24, 2.45) is 0 Å². The molecule has 0 saturated carbocycles. The maximum absolute atomic E-state index is 2.39. The molecule has 0 aliphatic heterocycles. The van der Waals surface area contributed by atoms with Gasteiger partial charge in [0.25, 0.3) is 0 Å². The highest BCUT2D eigenvalue weighted by molar-refractivity contribution is 6.13. The summed E-state index contributed by atoms with van der Waals surface area (Å²) in [7, 11) is 0. The molecular weight excluding hydrogens is 1140 g/mol. The van der Waals surface area contributed by atoms with Gasteiger partial charge in [0, 0.05) is 66.4 Å². The molecule has 0 aliphatic carbocycles. The fraction of sp³-hybridized carbons (Fsp3) is 0. The number of hydrogen-bond donors (Lipinski definition) is 0. The summed E-state index contributed by atoms with van der Waals surface area (Å²) in [5.74, 6) is 0. The van der Waals surface area contributed by atoms with Gasteiger partial charge in [-0.1, -0.05) is 249 Å². The van der Waals surface area contributed by atoms with Crippen LogP contribution >= 0.6 is 0 Å². The summed E-state index contributed by atoms with van der Waals surface area (Å²) in [6, 6.07) is 133. The first-order valence-corrected chi connectivity index (χ1v) is 32.3. The van der Waals surface area contributed by atoms with E-state index in [-0.39, 0.29) is 0 Å². The molecule has 15 aromatic carbocycles. The predicted molar refractivity (Wildman–Crippen MR) is 397 cm³/mol. The van der Waals surface area contributed by atoms with Crippen LogP contribution in [0.1, 0.15) is 0 Å². The van der Waals surface area contributed by atoms with Gasteiger partial charge >= 0.3 is 0 Å². The van der Waals surface area contributed by atoms with Crippen LogP contribution in [0.5, 0.6) is 0 Å². The Labute approximate surface area is 545 Å². The number of anilines is 3. The van der Waals surface area contributed by atoms with E-state index >= 15 is 0 Å². The molecule has 3 aromatic heterocycles. The summed E-state index contributed by atoms with van der Waals surface area (Å²) < 4.78 is 7.14. The zero-order valence-corrected chi connectivity index (χ0v) is 51.4. The molecule has 0 radical (unpaired) electrons. The van der Waals surface area contributed by atoms with Crippen molar-refractivity contribution in [2.75, 3.05) is 4.90 Å². The Morgan fingerprint density at radius 1 is 0.149 bits per heavy atom. The largest absolute Gasteiger partial charge is 0.311 e. The Balaban J connectivity index is 0.651. The van der Waals surface area contributed by atoms with Crippen molar-refractivity contribution in [3.05, 3.63) is 364 Å². The summed E-state index contributed by atoms with van der Waals surface area (Å²) in [5.41, 5.74) is 28.0. The molecule has 4 heteroatoms. The van der Waals surface area contributed by atoms with Gasteiger partial charge in [0.05, 0.1) is 33.1 Å². The van der Waals surface area contributed by atoms with E-state index in [9.17, 15) is 0 Å². The average molecular weight is 1200 g/mol. The predicted octanol–water partition coefficient (Wildman–Crippen LogP) is 24.4. The number of nitrogens with zero attached hydrogens (tertiary/aromatic N) is 4. The lowest BCUT2D eigenvalue weighted by Crippen LogP contribution is -2.09. The standard InChI is InChI=1S/C90H60N4/c1-4-16-73(17-5-1)92-87-27-15-12-24-81(87)84-58-70(48-57-88(84)92)67-34-28-61(29-35-67)64-40-49-76(50-41-64)91(77-51-42-65(43-52-77)62-30-36-68(37-31-62)71-46-55-82-79-22-10-13-25-85(79)93(89(82)59-71)74-18-6-2-7-19-74)78-53-44-66(45-54-78)63-32-38-69(39-33-63)72-47-56-83-80-23-11-14-26-86(80)94(90(83)60-72)75-20-8-3-9-21-75/h1-60H. The van der Waals surface area contributed by atoms with E-state index in [2.05, 4.69) is 383 Å². The molecular formula is C90H60N4. The first kappa shape index (κ1) is 54.4. The average Bonchev–Trinajstić information content (AvgIpc) is 1.59. The Morgan fingerprint density at radius 2 is 0.372 bits per heavy atom. The van der Waals surface area contributed by atoms with Gasteiger partial charge in [-0.3, -0.25) is 0 Å². The van der Waals surface area contributed by atoms with E-state index < -0.39 is 0 Å². The smallest absolute Gasteiger partial charge is 0.0547 e. The van der Waals surface area contributed by atoms with E-state index in [1.54, 1.807) is 0 Å². The molecule has 18 rings (SSSR count). The van der Waals surface area contributed by atoms with Crippen LogP contribution in [0.4, 0.5) is 17.1 Å². The van der Waals surface area contributed by atoms with Crippen LogP contribution in [-0.2, 0) is 0 Å². The number of rotatable bonds is 12. The lowest BCUT2D eigenvalue weighted by molar-refractivity contribution is 1.18. The fourth-order valence-electron chi connectivity index (χ4n) is 14.4. The minimum absolute atomic E-state index is 1.07. The van der Waals surface area contributed by atoms with Crippen LogP contribution in [0, 0.1) is 0 Å². The van der Waals surface area contributed by atoms with E-state index in [1.165, 1.54) is 115 Å². The summed E-state index contributed by atoms with van der Waals surface area (Å²) in [6.07, 6.45) is 0. The van der Waals surface area contributed by atoms with E-state index in [0.717, 1.165) is 50.8 Å². The zero-order valence-electron chi connectivity index (χ0n) is 51.4. The van der Waals surface area contributed by atoms with Gasteiger partial charge in [-0.15, -0.1) is 0 Å². The SMILES string of the molecule is c1ccc(-n2c3ccccc3c3cc(-c4ccc(-c5ccc(N(c6ccc(-c7ccc(-c8ccc9c%10ccccc%10n(-c%10ccccc%10)c9c8)cc7)cc6)c6ccc(-c7ccc(-c8ccc9c%10ccccc%10n(-c%10ccccc%10)c9c8)cc7)cc6)cc5)cc4)ccc32)cc1. The van der Waals surface area contributed by atoms with Crippen molar-refractivity contribution in [1.29, 1.82) is 0 Å². The monoisotopic (exact) mass is 1200 g/mol. The summed E-state index contributed by atoms with van der Waals surface area (Å²) in [6.45, 7) is 0. The summed E-state index contributed by atoms with van der Waals surface area (Å²) >= 11 is 0. The van der Waals surface area contributed by atoms with Crippen molar-refractivity contribution in [2.45, 2.75) is 0 Å². The summed E-state index contributed by atoms with van der Waals surface area (Å²) in [5, 5.41) is 7.52. The molecule has 94 heavy (non-hydrogen) atoms. The zero-order chi connectivity index (χ0) is 62.1. The second kappa shape index (κ2) is 22.8. The Morgan fingerprint density at radius 3 is 0.713 bits per heavy atom. The highest BCUT2D eigenvalue weighted by Crippen LogP contribution is 2.42. The molecule has 0 bridgehead atoms. The maximum Gasteiger partial charge on any atom is 0.0547 e. The third-order valence-electron chi connectivity index (χ3n) is 19.1. The van der Waals surface area contributed by atoms with Gasteiger partial charge in [0.1, 0.15) is 0 Å². The number of aromatic nitrogens is 3. The maximum atomic E-state index is 2.39. The molecule has 0 unspecified atom stereocenters. The van der Waals surface area contributed by atoms with Crippen LogP contribution in [0.2, 0.25) is 0 Å². The lowest BCUT2D eigenvalue weighted by Gasteiger charge is -2.26. The van der Waals surface area contributed by atoms with Crippen LogP contribution < -0.4 is 4.90 Å². The first-order valence-electron chi connectivity index (χ1n) is 32.3. The topological polar surface area (TPSA) is 18.0 Å². The highest BCUT2D eigenvalue weighted by atomic mass is 15.1. The van der Waals surface area contributed by atoms with Gasteiger partial charge in [-0.2, -0.15) is 0 Å². The van der Waals surface area contributed by atoms with E-state index in [1.807, 2.05) is 0 Å². The number of fused-ring (bicyclic) bond motifs is 9. The van der Waals surface area contributed by atoms with Crippen LogP contribution in [0.3, 0.4) is 0 Å². The van der Waals surface area contributed by atoms with Gasteiger partial charge < -0.3 is 18.6 Å². The first-order chi connectivity index (χ1) is 46.6. The van der Waals surface area contributed by atoms with Crippen molar-refractivity contribution < 1.29 is 0 Å². The van der Waals surface area contributed by atoms with Crippen molar-refractivity contribution in [3.8, 4) is 83.8 Å². The quantitative estimate of drug-likeness (QED) is 0.119. The minimum Gasteiger partial charge on any atom is -0.311 e. The van der Waals surface area contributed by atoms with Crippen LogP contribution in [0.15, 0.2) is 364 Å². The van der Waals surface area contributed by atoms with Gasteiger partial charge in [0.2, 0.25) is 0 Å². The summed E-state index contributed by atoms with van der Waals surface area (Å²) in [4.78, 5) is 2.37. The highest BCUT2D eigenvalue weighted by Gasteiger charge is 2.19. The molecule has 0 N–H and O–H groups in total. The third-order valence-corrected chi connectivity index (χ3v) is 19.1. The Kier molecular flexibility index (Phi) is 13.2. The van der Waals surface area contributed by atoms with Crippen molar-refractivity contribution in [3.63, 3.8) is 0 Å². The lowest BCUT2D eigenvalue weighted by atomic mass is 9.98. The minimum atomic E-state index is 1.07. The number of benzene rings is 15. The molecule has 0 atom stereocenters. The molecule has 440 valence electrons. The number of para-hydroxylation sites is 6. The molecule has 0 saturated heterocycles. The second-order valence-corrected chi connectivity index (χ2v) is 24.5. The molecule has 0 spiro atoms. The van der Waals surface area contributed by atoms with Gasteiger partial charge in [-0.25, -0.2) is 0 Å².